The van der Waals surface area contributed by atoms with Crippen molar-refractivity contribution in [3.63, 3.8) is 0 Å². The molecule has 0 aliphatic carbocycles. The monoisotopic (exact) mass is 516 g/mol. The minimum absolute atomic E-state index is 0.0747. The molecule has 0 unspecified atom stereocenters. The first-order valence-corrected chi connectivity index (χ1v) is 13.3. The van der Waals surface area contributed by atoms with Crippen molar-refractivity contribution >= 4 is 10.9 Å². The summed E-state index contributed by atoms with van der Waals surface area (Å²) in [6.45, 7) is 8.78. The summed E-state index contributed by atoms with van der Waals surface area (Å²) in [6, 6.07) is 14.1. The van der Waals surface area contributed by atoms with Crippen molar-refractivity contribution in [2.75, 3.05) is 13.7 Å². The lowest BCUT2D eigenvalue weighted by atomic mass is 10.0. The second-order valence-corrected chi connectivity index (χ2v) is 10.2. The van der Waals surface area contributed by atoms with E-state index in [1.807, 2.05) is 28.9 Å². The predicted molar refractivity (Wildman–Crippen MR) is 146 cm³/mol. The Labute approximate surface area is 222 Å². The molecule has 0 saturated carbocycles. The number of aromatic amines is 1. The van der Waals surface area contributed by atoms with Gasteiger partial charge in [-0.3, -0.25) is 9.69 Å². The van der Waals surface area contributed by atoms with E-state index in [0.29, 0.717) is 25.2 Å². The molecule has 0 amide bonds. The SMILES string of the molecule is CC[C@H](c1nnnn1C[C@H]1CCCO1)N(Cc1ccc(OC)cc1)Cc1cc2cc(C)c(C)cc2[nH]c1=O. The molecule has 200 valence electrons. The first-order chi connectivity index (χ1) is 18.4. The molecule has 9 heteroatoms. The van der Waals surface area contributed by atoms with Gasteiger partial charge in [-0.15, -0.1) is 5.10 Å². The molecule has 2 aromatic heterocycles. The zero-order valence-corrected chi connectivity index (χ0v) is 22.6. The van der Waals surface area contributed by atoms with Gasteiger partial charge in [0.1, 0.15) is 5.75 Å². The maximum Gasteiger partial charge on any atom is 0.252 e. The van der Waals surface area contributed by atoms with Crippen molar-refractivity contribution in [3.05, 3.63) is 80.9 Å². The third kappa shape index (κ3) is 5.63. The molecule has 5 rings (SSSR count). The van der Waals surface area contributed by atoms with E-state index in [1.165, 1.54) is 5.56 Å². The van der Waals surface area contributed by atoms with Crippen LogP contribution in [0.3, 0.4) is 0 Å². The molecule has 2 aromatic carbocycles. The average Bonchev–Trinajstić information content (AvgIpc) is 3.59. The lowest BCUT2D eigenvalue weighted by Gasteiger charge is -2.30. The lowest BCUT2D eigenvalue weighted by Crippen LogP contribution is -2.33. The largest absolute Gasteiger partial charge is 0.497 e. The number of hydrogen-bond donors (Lipinski definition) is 1. The number of fused-ring (bicyclic) bond motifs is 1. The molecule has 0 radical (unpaired) electrons. The molecule has 1 saturated heterocycles. The second-order valence-electron chi connectivity index (χ2n) is 10.2. The standard InChI is InChI=1S/C29H36N6O3/c1-5-27(28-31-32-33-35(28)18-25-7-6-12-38-25)34(16-21-8-10-24(37-4)11-9-21)17-23-15-22-13-19(2)20(3)14-26(22)30-29(23)36/h8-11,13-15,25,27H,5-7,12,16-18H2,1-4H3,(H,30,36)/t25-,27-/m1/s1. The summed E-state index contributed by atoms with van der Waals surface area (Å²) in [7, 11) is 1.66. The molecule has 9 nitrogen and oxygen atoms in total. The highest BCUT2D eigenvalue weighted by molar-refractivity contribution is 5.80. The molecule has 1 aliphatic rings. The fourth-order valence-corrected chi connectivity index (χ4v) is 5.27. The third-order valence-corrected chi connectivity index (χ3v) is 7.54. The van der Waals surface area contributed by atoms with E-state index in [9.17, 15) is 4.79 Å². The Hall–Kier alpha value is -3.56. The molecular weight excluding hydrogens is 480 g/mol. The van der Waals surface area contributed by atoms with Crippen LogP contribution in [0.5, 0.6) is 5.75 Å². The maximum absolute atomic E-state index is 13.2. The summed E-state index contributed by atoms with van der Waals surface area (Å²) in [5, 5.41) is 13.8. The Balaban J connectivity index is 1.50. The van der Waals surface area contributed by atoms with Gasteiger partial charge in [-0.25, -0.2) is 4.68 Å². The van der Waals surface area contributed by atoms with E-state index in [4.69, 9.17) is 9.47 Å². The fraction of sp³-hybridized carbons (Fsp3) is 0.448. The Morgan fingerprint density at radius 2 is 1.95 bits per heavy atom. The van der Waals surface area contributed by atoms with Gasteiger partial charge in [-0.2, -0.15) is 0 Å². The van der Waals surface area contributed by atoms with Crippen LogP contribution in [-0.4, -0.2) is 49.9 Å². The zero-order chi connectivity index (χ0) is 26.6. The molecule has 3 heterocycles. The third-order valence-electron chi connectivity index (χ3n) is 7.54. The zero-order valence-electron chi connectivity index (χ0n) is 22.6. The minimum Gasteiger partial charge on any atom is -0.497 e. The van der Waals surface area contributed by atoms with Crippen LogP contribution in [0.2, 0.25) is 0 Å². The maximum atomic E-state index is 13.2. The van der Waals surface area contributed by atoms with Gasteiger partial charge in [0, 0.05) is 30.8 Å². The van der Waals surface area contributed by atoms with Crippen LogP contribution in [0.15, 0.2) is 47.3 Å². The Bertz CT molecular complexity index is 1440. The number of nitrogens with one attached hydrogen (secondary N) is 1. The summed E-state index contributed by atoms with van der Waals surface area (Å²) in [5.74, 6) is 1.60. The van der Waals surface area contributed by atoms with E-state index >= 15 is 0 Å². The van der Waals surface area contributed by atoms with Gasteiger partial charge in [-0.05, 0) is 95.9 Å². The van der Waals surface area contributed by atoms with Crippen LogP contribution in [0.4, 0.5) is 0 Å². The summed E-state index contributed by atoms with van der Waals surface area (Å²) in [4.78, 5) is 18.6. The molecule has 38 heavy (non-hydrogen) atoms. The van der Waals surface area contributed by atoms with Gasteiger partial charge in [-0.1, -0.05) is 19.1 Å². The first kappa shape index (κ1) is 26.1. The van der Waals surface area contributed by atoms with Crippen molar-refractivity contribution in [1.82, 2.24) is 30.1 Å². The Morgan fingerprint density at radius 1 is 1.16 bits per heavy atom. The predicted octanol–water partition coefficient (Wildman–Crippen LogP) is 4.47. The summed E-state index contributed by atoms with van der Waals surface area (Å²) >= 11 is 0. The van der Waals surface area contributed by atoms with Gasteiger partial charge in [0.2, 0.25) is 0 Å². The Morgan fingerprint density at radius 3 is 2.66 bits per heavy atom. The summed E-state index contributed by atoms with van der Waals surface area (Å²) in [6.07, 6.45) is 2.98. The number of tetrazole rings is 1. The van der Waals surface area contributed by atoms with E-state index < -0.39 is 0 Å². The normalized spacial score (nSPS) is 16.4. The molecule has 1 aliphatic heterocycles. The number of rotatable bonds is 10. The van der Waals surface area contributed by atoms with Crippen molar-refractivity contribution in [1.29, 1.82) is 0 Å². The van der Waals surface area contributed by atoms with Crippen molar-refractivity contribution < 1.29 is 9.47 Å². The van der Waals surface area contributed by atoms with Gasteiger partial charge >= 0.3 is 0 Å². The molecule has 1 fully saturated rings. The number of methoxy groups -OCH3 is 1. The Kier molecular flexibility index (Phi) is 7.85. The molecule has 1 N–H and O–H groups in total. The van der Waals surface area contributed by atoms with Crippen molar-refractivity contribution in [2.24, 2.45) is 0 Å². The number of aryl methyl sites for hydroxylation is 2. The topological polar surface area (TPSA) is 98.2 Å². The number of H-pyrrole nitrogens is 1. The first-order valence-electron chi connectivity index (χ1n) is 13.3. The summed E-state index contributed by atoms with van der Waals surface area (Å²) in [5.41, 5.74) is 4.97. The van der Waals surface area contributed by atoms with Crippen LogP contribution in [0, 0.1) is 13.8 Å². The highest BCUT2D eigenvalue weighted by atomic mass is 16.5. The number of ether oxygens (including phenoxy) is 2. The van der Waals surface area contributed by atoms with Crippen LogP contribution < -0.4 is 10.3 Å². The van der Waals surface area contributed by atoms with Crippen molar-refractivity contribution in [2.45, 2.75) is 71.8 Å². The molecule has 0 bridgehead atoms. The van der Waals surface area contributed by atoms with Gasteiger partial charge in [0.25, 0.3) is 5.56 Å². The number of aromatic nitrogens is 5. The van der Waals surface area contributed by atoms with Gasteiger partial charge in [0.15, 0.2) is 5.82 Å². The molecule has 2 atom stereocenters. The van der Waals surface area contributed by atoms with Crippen LogP contribution in [0.25, 0.3) is 10.9 Å². The smallest absolute Gasteiger partial charge is 0.252 e. The van der Waals surface area contributed by atoms with Crippen LogP contribution >= 0.6 is 0 Å². The molecule has 4 aromatic rings. The summed E-state index contributed by atoms with van der Waals surface area (Å²) < 4.78 is 13.1. The lowest BCUT2D eigenvalue weighted by molar-refractivity contribution is 0.0888. The van der Waals surface area contributed by atoms with E-state index in [0.717, 1.165) is 59.5 Å². The molecule has 0 spiro atoms. The number of nitrogens with zero attached hydrogens (tertiary/aromatic N) is 5. The van der Waals surface area contributed by atoms with E-state index in [-0.39, 0.29) is 17.7 Å². The van der Waals surface area contributed by atoms with Crippen LogP contribution in [0.1, 0.15) is 60.3 Å². The quantitative estimate of drug-likeness (QED) is 0.332. The molecular formula is C29H36N6O3. The van der Waals surface area contributed by atoms with Gasteiger partial charge in [0.05, 0.1) is 25.8 Å². The highest BCUT2D eigenvalue weighted by Crippen LogP contribution is 2.28. The fourth-order valence-electron chi connectivity index (χ4n) is 5.27. The van der Waals surface area contributed by atoms with Gasteiger partial charge < -0.3 is 14.5 Å². The highest BCUT2D eigenvalue weighted by Gasteiger charge is 2.28. The van der Waals surface area contributed by atoms with E-state index in [1.54, 1.807) is 7.11 Å². The van der Waals surface area contributed by atoms with Crippen LogP contribution in [-0.2, 0) is 24.4 Å². The number of pyridine rings is 1. The number of hydrogen-bond acceptors (Lipinski definition) is 7. The van der Waals surface area contributed by atoms with Crippen molar-refractivity contribution in [3.8, 4) is 5.75 Å². The van der Waals surface area contributed by atoms with E-state index in [2.05, 4.69) is 64.4 Å². The average molecular weight is 517 g/mol. The minimum atomic E-state index is -0.0941. The second kappa shape index (κ2) is 11.4. The number of benzene rings is 2.